The van der Waals surface area contributed by atoms with Crippen LogP contribution in [0, 0.1) is 0 Å². The molecule has 60 valence electrons. The number of benzene rings is 1. The molecule has 0 aliphatic heterocycles. The van der Waals surface area contributed by atoms with Crippen LogP contribution >= 0.6 is 15.9 Å². The van der Waals surface area contributed by atoms with E-state index in [2.05, 4.69) is 31.1 Å². The smallest absolute Gasteiger partial charge is 0.162 e. The molecule has 0 radical (unpaired) electrons. The van der Waals surface area contributed by atoms with Gasteiger partial charge in [-0.05, 0) is 6.07 Å². The lowest BCUT2D eigenvalue weighted by atomic mass is 10.2. The van der Waals surface area contributed by atoms with Crippen LogP contribution in [0.3, 0.4) is 0 Å². The van der Waals surface area contributed by atoms with Crippen molar-refractivity contribution in [2.45, 2.75) is 0 Å². The number of rotatable bonds is 1. The zero-order valence-corrected chi connectivity index (χ0v) is 7.75. The zero-order valence-electron chi connectivity index (χ0n) is 6.16. The molecule has 0 aliphatic rings. The van der Waals surface area contributed by atoms with Gasteiger partial charge in [0.1, 0.15) is 6.33 Å². The van der Waals surface area contributed by atoms with Crippen molar-refractivity contribution in [2.24, 2.45) is 0 Å². The predicted octanol–water partition coefficient (Wildman–Crippen LogP) is 2.23. The van der Waals surface area contributed by atoms with Crippen molar-refractivity contribution in [3.05, 3.63) is 35.1 Å². The number of H-pyrrole nitrogens is 1. The van der Waals surface area contributed by atoms with Crippen LogP contribution in [0.15, 0.2) is 35.1 Å². The molecule has 4 heteroatoms. The fraction of sp³-hybridized carbons (Fsp3) is 0. The van der Waals surface area contributed by atoms with E-state index in [0.29, 0.717) is 0 Å². The molecule has 1 N–H and O–H groups in total. The molecule has 0 fully saturated rings. The maximum atomic E-state index is 3.91. The summed E-state index contributed by atoms with van der Waals surface area (Å²) in [5.74, 6) is 0.780. The van der Waals surface area contributed by atoms with Crippen molar-refractivity contribution < 1.29 is 0 Å². The summed E-state index contributed by atoms with van der Waals surface area (Å²) in [6.45, 7) is 0. The highest BCUT2D eigenvalue weighted by Crippen LogP contribution is 2.23. The van der Waals surface area contributed by atoms with E-state index < -0.39 is 0 Å². The Kier molecular flexibility index (Phi) is 1.91. The second kappa shape index (κ2) is 3.06. The van der Waals surface area contributed by atoms with Crippen molar-refractivity contribution >= 4 is 15.9 Å². The molecule has 0 aliphatic carbocycles. The lowest BCUT2D eigenvalue weighted by molar-refractivity contribution is 1.09. The van der Waals surface area contributed by atoms with Crippen LogP contribution in [0.25, 0.3) is 11.4 Å². The lowest BCUT2D eigenvalue weighted by Crippen LogP contribution is -1.81. The Morgan fingerprint density at radius 1 is 1.25 bits per heavy atom. The van der Waals surface area contributed by atoms with E-state index in [4.69, 9.17) is 0 Å². The minimum atomic E-state index is 0.780. The minimum Gasteiger partial charge on any atom is -0.328 e. The molecule has 12 heavy (non-hydrogen) atoms. The number of hydrogen-bond donors (Lipinski definition) is 1. The van der Waals surface area contributed by atoms with Gasteiger partial charge in [-0.25, -0.2) is 0 Å². The number of hydrogen-bond acceptors (Lipinski definition) is 2. The van der Waals surface area contributed by atoms with E-state index in [1.807, 2.05) is 24.3 Å². The van der Waals surface area contributed by atoms with Gasteiger partial charge in [0.2, 0.25) is 0 Å². The maximum Gasteiger partial charge on any atom is 0.162 e. The third-order valence-corrected chi connectivity index (χ3v) is 2.24. The first-order valence-electron chi connectivity index (χ1n) is 3.49. The molecule has 0 bridgehead atoms. The summed E-state index contributed by atoms with van der Waals surface area (Å²) >= 11 is 3.43. The normalized spacial score (nSPS) is 10.1. The van der Waals surface area contributed by atoms with Gasteiger partial charge in [-0.1, -0.05) is 34.1 Å². The van der Waals surface area contributed by atoms with Crippen LogP contribution in [-0.4, -0.2) is 15.2 Å². The summed E-state index contributed by atoms with van der Waals surface area (Å²) in [6.07, 6.45) is 1.56. The second-order valence-corrected chi connectivity index (χ2v) is 3.17. The first-order valence-corrected chi connectivity index (χ1v) is 4.28. The predicted molar refractivity (Wildman–Crippen MR) is 49.5 cm³/mol. The van der Waals surface area contributed by atoms with Crippen molar-refractivity contribution in [1.29, 1.82) is 0 Å². The number of nitrogens with zero attached hydrogens (tertiary/aromatic N) is 2. The van der Waals surface area contributed by atoms with Gasteiger partial charge in [-0.15, -0.1) is 10.2 Å². The number of aromatic amines is 1. The third kappa shape index (κ3) is 1.25. The van der Waals surface area contributed by atoms with Crippen molar-refractivity contribution in [3.8, 4) is 11.4 Å². The Morgan fingerprint density at radius 2 is 2.08 bits per heavy atom. The summed E-state index contributed by atoms with van der Waals surface area (Å²) in [7, 11) is 0. The highest BCUT2D eigenvalue weighted by atomic mass is 79.9. The second-order valence-electron chi connectivity index (χ2n) is 2.32. The van der Waals surface area contributed by atoms with Gasteiger partial charge in [0, 0.05) is 10.0 Å². The third-order valence-electron chi connectivity index (χ3n) is 1.55. The van der Waals surface area contributed by atoms with Crippen LogP contribution in [-0.2, 0) is 0 Å². The van der Waals surface area contributed by atoms with Gasteiger partial charge in [0.15, 0.2) is 5.82 Å². The lowest BCUT2D eigenvalue weighted by Gasteiger charge is -1.97. The highest BCUT2D eigenvalue weighted by molar-refractivity contribution is 9.10. The summed E-state index contributed by atoms with van der Waals surface area (Å²) in [6, 6.07) is 7.87. The van der Waals surface area contributed by atoms with E-state index in [0.717, 1.165) is 15.9 Å². The molecule has 0 saturated carbocycles. The van der Waals surface area contributed by atoms with Crippen LogP contribution in [0.5, 0.6) is 0 Å². The summed E-state index contributed by atoms with van der Waals surface area (Å²) in [4.78, 5) is 2.94. The molecule has 2 rings (SSSR count). The van der Waals surface area contributed by atoms with E-state index in [9.17, 15) is 0 Å². The van der Waals surface area contributed by atoms with E-state index in [1.165, 1.54) is 0 Å². The van der Waals surface area contributed by atoms with Crippen LogP contribution in [0.1, 0.15) is 0 Å². The SMILES string of the molecule is Brc1ccccc1-c1nnc[nH]1. The fourth-order valence-corrected chi connectivity index (χ4v) is 1.46. The van der Waals surface area contributed by atoms with Gasteiger partial charge in [0.05, 0.1) is 0 Å². The quantitative estimate of drug-likeness (QED) is 0.806. The topological polar surface area (TPSA) is 41.6 Å². The Hall–Kier alpha value is -1.16. The number of halogens is 1. The summed E-state index contributed by atoms with van der Waals surface area (Å²) in [5, 5.41) is 7.63. The number of aromatic nitrogens is 3. The van der Waals surface area contributed by atoms with Crippen LogP contribution in [0.2, 0.25) is 0 Å². The minimum absolute atomic E-state index is 0.780. The Balaban J connectivity index is 2.55. The molecule has 0 amide bonds. The van der Waals surface area contributed by atoms with Crippen molar-refractivity contribution in [1.82, 2.24) is 15.2 Å². The summed E-state index contributed by atoms with van der Waals surface area (Å²) in [5.41, 5.74) is 1.02. The molecular weight excluding hydrogens is 218 g/mol. The van der Waals surface area contributed by atoms with E-state index in [1.54, 1.807) is 6.33 Å². The zero-order chi connectivity index (χ0) is 8.39. The first-order chi connectivity index (χ1) is 5.88. The molecule has 0 spiro atoms. The molecular formula is C8H6BrN3. The van der Waals surface area contributed by atoms with Crippen LogP contribution < -0.4 is 0 Å². The van der Waals surface area contributed by atoms with E-state index in [-0.39, 0.29) is 0 Å². The molecule has 0 atom stereocenters. The fourth-order valence-electron chi connectivity index (χ4n) is 0.990. The Morgan fingerprint density at radius 3 is 2.75 bits per heavy atom. The molecule has 1 aromatic carbocycles. The maximum absolute atomic E-state index is 3.91. The Labute approximate surface area is 78.0 Å². The average Bonchev–Trinajstić information content (AvgIpc) is 2.57. The number of nitrogens with one attached hydrogen (secondary N) is 1. The van der Waals surface area contributed by atoms with Gasteiger partial charge in [-0.3, -0.25) is 0 Å². The van der Waals surface area contributed by atoms with E-state index >= 15 is 0 Å². The highest BCUT2D eigenvalue weighted by Gasteiger charge is 2.03. The molecule has 3 nitrogen and oxygen atoms in total. The summed E-state index contributed by atoms with van der Waals surface area (Å²) < 4.78 is 1.02. The van der Waals surface area contributed by atoms with Gasteiger partial charge >= 0.3 is 0 Å². The van der Waals surface area contributed by atoms with Crippen molar-refractivity contribution in [3.63, 3.8) is 0 Å². The van der Waals surface area contributed by atoms with Gasteiger partial charge in [0.25, 0.3) is 0 Å². The largest absolute Gasteiger partial charge is 0.328 e. The van der Waals surface area contributed by atoms with Crippen molar-refractivity contribution in [2.75, 3.05) is 0 Å². The molecule has 0 unspecified atom stereocenters. The molecule has 2 aromatic rings. The van der Waals surface area contributed by atoms with Gasteiger partial charge < -0.3 is 4.98 Å². The van der Waals surface area contributed by atoms with Crippen LogP contribution in [0.4, 0.5) is 0 Å². The Bertz CT molecular complexity index is 370. The average molecular weight is 224 g/mol. The monoisotopic (exact) mass is 223 g/mol. The standard InChI is InChI=1S/C8H6BrN3/c9-7-4-2-1-3-6(7)8-10-5-11-12-8/h1-5H,(H,10,11,12). The van der Waals surface area contributed by atoms with Gasteiger partial charge in [-0.2, -0.15) is 0 Å². The molecule has 0 saturated heterocycles. The first kappa shape index (κ1) is 7.49. The molecule has 1 aromatic heterocycles. The molecule has 1 heterocycles.